The van der Waals surface area contributed by atoms with E-state index in [4.69, 9.17) is 9.15 Å². The predicted molar refractivity (Wildman–Crippen MR) is 63.1 cm³/mol. The average molecular weight is 216 g/mol. The van der Waals surface area contributed by atoms with Crippen LogP contribution in [0.4, 0.5) is 0 Å². The molecule has 0 fully saturated rings. The molecule has 1 heterocycles. The van der Waals surface area contributed by atoms with Gasteiger partial charge in [0.1, 0.15) is 5.76 Å². The molecule has 16 heavy (non-hydrogen) atoms. The summed E-state index contributed by atoms with van der Waals surface area (Å²) in [7, 11) is 0. The van der Waals surface area contributed by atoms with Crippen LogP contribution in [0.1, 0.15) is 18.2 Å². The van der Waals surface area contributed by atoms with Gasteiger partial charge in [-0.15, -0.1) is 0 Å². The molecular weight excluding hydrogens is 200 g/mol. The highest BCUT2D eigenvalue weighted by molar-refractivity contribution is 5.13. The fourth-order valence-corrected chi connectivity index (χ4v) is 1.58. The van der Waals surface area contributed by atoms with E-state index in [2.05, 4.69) is 19.1 Å². The van der Waals surface area contributed by atoms with Crippen LogP contribution in [0.15, 0.2) is 53.1 Å². The van der Waals surface area contributed by atoms with Gasteiger partial charge in [0.25, 0.3) is 0 Å². The molecule has 0 bridgehead atoms. The van der Waals surface area contributed by atoms with Crippen LogP contribution in [0.25, 0.3) is 0 Å². The molecule has 0 aliphatic heterocycles. The fourth-order valence-electron chi connectivity index (χ4n) is 1.58. The van der Waals surface area contributed by atoms with Crippen LogP contribution in [0.2, 0.25) is 0 Å². The Kier molecular flexibility index (Phi) is 3.78. The molecule has 0 N–H and O–H groups in total. The Morgan fingerprint density at radius 1 is 1.12 bits per heavy atom. The van der Waals surface area contributed by atoms with E-state index in [1.807, 2.05) is 30.3 Å². The summed E-state index contributed by atoms with van der Waals surface area (Å²) in [5.74, 6) is 0.973. The van der Waals surface area contributed by atoms with Gasteiger partial charge in [0, 0.05) is 6.42 Å². The van der Waals surface area contributed by atoms with Gasteiger partial charge in [-0.2, -0.15) is 0 Å². The standard InChI is InChI=1S/C14H16O2/c1-12(10-14-8-5-9-15-14)16-11-13-6-3-2-4-7-13/h2-9,12H,10-11H2,1H3. The van der Waals surface area contributed by atoms with Gasteiger partial charge in [0.2, 0.25) is 0 Å². The van der Waals surface area contributed by atoms with Crippen LogP contribution in [0.3, 0.4) is 0 Å². The summed E-state index contributed by atoms with van der Waals surface area (Å²) in [4.78, 5) is 0. The Morgan fingerprint density at radius 2 is 1.94 bits per heavy atom. The van der Waals surface area contributed by atoms with E-state index >= 15 is 0 Å². The molecule has 1 aromatic carbocycles. The Morgan fingerprint density at radius 3 is 2.62 bits per heavy atom. The van der Waals surface area contributed by atoms with Crippen LogP contribution in [-0.4, -0.2) is 6.10 Å². The summed E-state index contributed by atoms with van der Waals surface area (Å²) >= 11 is 0. The van der Waals surface area contributed by atoms with Crippen LogP contribution in [-0.2, 0) is 17.8 Å². The zero-order chi connectivity index (χ0) is 11.2. The lowest BCUT2D eigenvalue weighted by Gasteiger charge is -2.11. The van der Waals surface area contributed by atoms with E-state index in [9.17, 15) is 0 Å². The van der Waals surface area contributed by atoms with Gasteiger partial charge in [-0.05, 0) is 24.6 Å². The molecule has 2 nitrogen and oxygen atoms in total. The van der Waals surface area contributed by atoms with Crippen molar-refractivity contribution >= 4 is 0 Å². The van der Waals surface area contributed by atoms with Crippen molar-refractivity contribution in [2.24, 2.45) is 0 Å². The first-order valence-corrected chi connectivity index (χ1v) is 5.52. The molecule has 0 aliphatic rings. The second-order valence-electron chi connectivity index (χ2n) is 3.89. The van der Waals surface area contributed by atoms with Crippen LogP contribution < -0.4 is 0 Å². The Labute approximate surface area is 95.9 Å². The number of ether oxygens (including phenoxy) is 1. The minimum atomic E-state index is 0.173. The molecule has 0 saturated carbocycles. The highest BCUT2D eigenvalue weighted by atomic mass is 16.5. The quantitative estimate of drug-likeness (QED) is 0.764. The summed E-state index contributed by atoms with van der Waals surface area (Å²) in [6.45, 7) is 2.72. The first-order chi connectivity index (χ1) is 7.84. The zero-order valence-electron chi connectivity index (χ0n) is 9.43. The zero-order valence-corrected chi connectivity index (χ0v) is 9.43. The van der Waals surface area contributed by atoms with Crippen molar-refractivity contribution in [3.05, 3.63) is 60.1 Å². The largest absolute Gasteiger partial charge is 0.469 e. The van der Waals surface area contributed by atoms with Crippen LogP contribution in [0, 0.1) is 0 Å². The van der Waals surface area contributed by atoms with Crippen molar-refractivity contribution in [1.82, 2.24) is 0 Å². The minimum absolute atomic E-state index is 0.173. The highest BCUT2D eigenvalue weighted by Gasteiger charge is 2.05. The molecule has 0 aliphatic carbocycles. The molecule has 0 saturated heterocycles. The van der Waals surface area contributed by atoms with Crippen molar-refractivity contribution in [2.45, 2.75) is 26.1 Å². The van der Waals surface area contributed by atoms with Crippen molar-refractivity contribution in [3.63, 3.8) is 0 Å². The lowest BCUT2D eigenvalue weighted by molar-refractivity contribution is 0.0502. The van der Waals surface area contributed by atoms with E-state index in [1.54, 1.807) is 6.26 Å². The molecule has 0 spiro atoms. The van der Waals surface area contributed by atoms with E-state index in [0.29, 0.717) is 6.61 Å². The molecule has 2 aromatic rings. The van der Waals surface area contributed by atoms with Crippen LogP contribution in [0.5, 0.6) is 0 Å². The number of hydrogen-bond acceptors (Lipinski definition) is 2. The summed E-state index contributed by atoms with van der Waals surface area (Å²) in [6, 6.07) is 14.1. The first-order valence-electron chi connectivity index (χ1n) is 5.52. The molecule has 0 amide bonds. The monoisotopic (exact) mass is 216 g/mol. The summed E-state index contributed by atoms with van der Waals surface area (Å²) in [6.07, 6.45) is 2.69. The fraction of sp³-hybridized carbons (Fsp3) is 0.286. The predicted octanol–water partition coefficient (Wildman–Crippen LogP) is 3.43. The maximum atomic E-state index is 5.74. The summed E-state index contributed by atoms with van der Waals surface area (Å²) in [5, 5.41) is 0. The average Bonchev–Trinajstić information content (AvgIpc) is 2.81. The number of hydrogen-bond donors (Lipinski definition) is 0. The molecule has 84 valence electrons. The summed E-state index contributed by atoms with van der Waals surface area (Å²) in [5.41, 5.74) is 1.20. The molecule has 2 rings (SSSR count). The summed E-state index contributed by atoms with van der Waals surface area (Å²) < 4.78 is 11.0. The van der Waals surface area contributed by atoms with E-state index in [-0.39, 0.29) is 6.10 Å². The van der Waals surface area contributed by atoms with E-state index in [1.165, 1.54) is 5.56 Å². The first kappa shape index (κ1) is 11.0. The van der Waals surface area contributed by atoms with Crippen molar-refractivity contribution in [1.29, 1.82) is 0 Å². The topological polar surface area (TPSA) is 22.4 Å². The highest BCUT2D eigenvalue weighted by Crippen LogP contribution is 2.09. The van der Waals surface area contributed by atoms with E-state index < -0.39 is 0 Å². The molecule has 2 heteroatoms. The van der Waals surface area contributed by atoms with Gasteiger partial charge in [0.05, 0.1) is 19.0 Å². The SMILES string of the molecule is CC(Cc1ccco1)OCc1ccccc1. The third-order valence-electron chi connectivity index (χ3n) is 2.45. The van der Waals surface area contributed by atoms with Gasteiger partial charge in [-0.3, -0.25) is 0 Å². The van der Waals surface area contributed by atoms with Gasteiger partial charge in [0.15, 0.2) is 0 Å². The lowest BCUT2D eigenvalue weighted by Crippen LogP contribution is -2.11. The maximum absolute atomic E-state index is 5.74. The molecule has 0 radical (unpaired) electrons. The minimum Gasteiger partial charge on any atom is -0.469 e. The van der Waals surface area contributed by atoms with Gasteiger partial charge in [-0.25, -0.2) is 0 Å². The van der Waals surface area contributed by atoms with Crippen molar-refractivity contribution in [2.75, 3.05) is 0 Å². The third-order valence-corrected chi connectivity index (χ3v) is 2.45. The van der Waals surface area contributed by atoms with Gasteiger partial charge in [-0.1, -0.05) is 30.3 Å². The maximum Gasteiger partial charge on any atom is 0.106 e. The normalized spacial score (nSPS) is 12.6. The van der Waals surface area contributed by atoms with Crippen molar-refractivity contribution < 1.29 is 9.15 Å². The molecular formula is C14H16O2. The Hall–Kier alpha value is -1.54. The van der Waals surface area contributed by atoms with Crippen LogP contribution >= 0.6 is 0 Å². The van der Waals surface area contributed by atoms with Gasteiger partial charge >= 0.3 is 0 Å². The number of benzene rings is 1. The lowest BCUT2D eigenvalue weighted by atomic mass is 10.2. The third kappa shape index (κ3) is 3.24. The van der Waals surface area contributed by atoms with E-state index in [0.717, 1.165) is 12.2 Å². The Bertz CT molecular complexity index is 392. The number of furan rings is 1. The second-order valence-corrected chi connectivity index (χ2v) is 3.89. The van der Waals surface area contributed by atoms with Crippen molar-refractivity contribution in [3.8, 4) is 0 Å². The molecule has 1 atom stereocenters. The molecule has 1 aromatic heterocycles. The van der Waals surface area contributed by atoms with Gasteiger partial charge < -0.3 is 9.15 Å². The second kappa shape index (κ2) is 5.52. The number of rotatable bonds is 5. The molecule has 1 unspecified atom stereocenters. The Balaban J connectivity index is 1.78. The smallest absolute Gasteiger partial charge is 0.106 e.